The molecular formula is C10H21NS. The Kier molecular flexibility index (Phi) is 6.58. The molecule has 0 N–H and O–H groups in total. The maximum absolute atomic E-state index is 4.10. The Morgan fingerprint density at radius 1 is 1.50 bits per heavy atom. The minimum atomic E-state index is 0.572. The van der Waals surface area contributed by atoms with Crippen molar-refractivity contribution in [2.75, 3.05) is 26.1 Å². The minimum Gasteiger partial charge on any atom is -0.303 e. The molecule has 0 heterocycles. The number of likely N-dealkylation sites (N-methyl/N-ethyl adjacent to an activating group) is 1. The standard InChI is InChI=1S/C10H21NS/c1-6-9(2)10(11(3)4)7-8-12-5/h10H,2,6-8H2,1,3-5H3/t10-/m0/s1. The van der Waals surface area contributed by atoms with Crippen molar-refractivity contribution < 1.29 is 0 Å². The highest BCUT2D eigenvalue weighted by atomic mass is 32.2. The fourth-order valence-corrected chi connectivity index (χ4v) is 1.75. The quantitative estimate of drug-likeness (QED) is 0.588. The van der Waals surface area contributed by atoms with Crippen molar-refractivity contribution in [1.82, 2.24) is 4.90 Å². The Morgan fingerprint density at radius 2 is 2.08 bits per heavy atom. The molecule has 0 aromatic rings. The predicted octanol–water partition coefficient (Wildman–Crippen LogP) is 2.64. The lowest BCUT2D eigenvalue weighted by molar-refractivity contribution is 0.320. The molecule has 0 saturated carbocycles. The molecule has 0 aliphatic heterocycles. The van der Waals surface area contributed by atoms with Crippen LogP contribution in [0.1, 0.15) is 19.8 Å². The Balaban J connectivity index is 3.95. The third kappa shape index (κ3) is 4.17. The van der Waals surface area contributed by atoms with Gasteiger partial charge in [-0.15, -0.1) is 0 Å². The molecule has 2 heteroatoms. The Bertz CT molecular complexity index is 132. The van der Waals surface area contributed by atoms with E-state index in [1.165, 1.54) is 17.7 Å². The summed E-state index contributed by atoms with van der Waals surface area (Å²) in [5.41, 5.74) is 1.36. The van der Waals surface area contributed by atoms with E-state index in [0.717, 1.165) is 6.42 Å². The predicted molar refractivity (Wildman–Crippen MR) is 59.9 cm³/mol. The molecular weight excluding hydrogens is 166 g/mol. The molecule has 0 bridgehead atoms. The van der Waals surface area contributed by atoms with Crippen LogP contribution in [0.3, 0.4) is 0 Å². The van der Waals surface area contributed by atoms with E-state index in [4.69, 9.17) is 0 Å². The molecule has 0 amide bonds. The number of rotatable bonds is 6. The van der Waals surface area contributed by atoms with Gasteiger partial charge < -0.3 is 4.90 Å². The highest BCUT2D eigenvalue weighted by Gasteiger charge is 2.12. The van der Waals surface area contributed by atoms with Crippen LogP contribution in [0.15, 0.2) is 12.2 Å². The molecule has 0 radical (unpaired) electrons. The van der Waals surface area contributed by atoms with Gasteiger partial charge in [-0.3, -0.25) is 0 Å². The van der Waals surface area contributed by atoms with Gasteiger partial charge in [0, 0.05) is 6.04 Å². The summed E-state index contributed by atoms with van der Waals surface area (Å²) in [5, 5.41) is 0. The van der Waals surface area contributed by atoms with Crippen LogP contribution in [0.5, 0.6) is 0 Å². The van der Waals surface area contributed by atoms with Crippen LogP contribution >= 0.6 is 11.8 Å². The molecule has 0 fully saturated rings. The smallest absolute Gasteiger partial charge is 0.0306 e. The Morgan fingerprint density at radius 3 is 2.42 bits per heavy atom. The maximum Gasteiger partial charge on any atom is 0.0306 e. The summed E-state index contributed by atoms with van der Waals surface area (Å²) in [5.74, 6) is 1.22. The molecule has 0 unspecified atom stereocenters. The van der Waals surface area contributed by atoms with Crippen molar-refractivity contribution in [3.8, 4) is 0 Å². The lowest BCUT2D eigenvalue weighted by Crippen LogP contribution is -2.29. The highest BCUT2D eigenvalue weighted by Crippen LogP contribution is 2.15. The second kappa shape index (κ2) is 6.55. The van der Waals surface area contributed by atoms with Gasteiger partial charge >= 0.3 is 0 Å². The van der Waals surface area contributed by atoms with Gasteiger partial charge in [0.2, 0.25) is 0 Å². The van der Waals surface area contributed by atoms with Crippen LogP contribution in [-0.4, -0.2) is 37.0 Å². The van der Waals surface area contributed by atoms with Gasteiger partial charge in [0.15, 0.2) is 0 Å². The van der Waals surface area contributed by atoms with Crippen LogP contribution < -0.4 is 0 Å². The van der Waals surface area contributed by atoms with Gasteiger partial charge in [0.05, 0.1) is 0 Å². The lowest BCUT2D eigenvalue weighted by atomic mass is 10.0. The molecule has 0 aromatic carbocycles. The van der Waals surface area contributed by atoms with Crippen LogP contribution in [-0.2, 0) is 0 Å². The minimum absolute atomic E-state index is 0.572. The van der Waals surface area contributed by atoms with Gasteiger partial charge in [-0.05, 0) is 38.9 Å². The third-order valence-corrected chi connectivity index (χ3v) is 2.79. The van der Waals surface area contributed by atoms with E-state index < -0.39 is 0 Å². The van der Waals surface area contributed by atoms with E-state index in [-0.39, 0.29) is 0 Å². The average Bonchev–Trinajstić information content (AvgIpc) is 2.04. The number of hydrogen-bond donors (Lipinski definition) is 0. The zero-order chi connectivity index (χ0) is 9.56. The zero-order valence-corrected chi connectivity index (χ0v) is 9.58. The molecule has 12 heavy (non-hydrogen) atoms. The van der Waals surface area contributed by atoms with Gasteiger partial charge in [0.25, 0.3) is 0 Å². The van der Waals surface area contributed by atoms with E-state index in [9.17, 15) is 0 Å². The van der Waals surface area contributed by atoms with Gasteiger partial charge in [-0.2, -0.15) is 11.8 Å². The number of hydrogen-bond acceptors (Lipinski definition) is 2. The normalized spacial score (nSPS) is 13.4. The second-order valence-corrected chi connectivity index (χ2v) is 4.26. The van der Waals surface area contributed by atoms with Crippen LogP contribution in [0.4, 0.5) is 0 Å². The summed E-state index contributed by atoms with van der Waals surface area (Å²) in [6.07, 6.45) is 4.47. The first-order chi connectivity index (χ1) is 5.63. The molecule has 0 spiro atoms. The SMILES string of the molecule is C=C(CC)[C@H](CCSC)N(C)C. The summed E-state index contributed by atoms with van der Waals surface area (Å²) in [6.45, 7) is 6.28. The van der Waals surface area contributed by atoms with E-state index >= 15 is 0 Å². The van der Waals surface area contributed by atoms with Crippen molar-refractivity contribution in [3.05, 3.63) is 12.2 Å². The van der Waals surface area contributed by atoms with E-state index in [1.807, 2.05) is 11.8 Å². The topological polar surface area (TPSA) is 3.24 Å². The number of nitrogens with zero attached hydrogens (tertiary/aromatic N) is 1. The van der Waals surface area contributed by atoms with Crippen LogP contribution in [0.2, 0.25) is 0 Å². The van der Waals surface area contributed by atoms with Crippen molar-refractivity contribution >= 4 is 11.8 Å². The molecule has 0 saturated heterocycles. The summed E-state index contributed by atoms with van der Waals surface area (Å²) in [4.78, 5) is 2.27. The van der Waals surface area contributed by atoms with Crippen molar-refractivity contribution in [2.45, 2.75) is 25.8 Å². The summed E-state index contributed by atoms with van der Waals surface area (Å²) >= 11 is 1.91. The fraction of sp³-hybridized carbons (Fsp3) is 0.800. The van der Waals surface area contributed by atoms with E-state index in [0.29, 0.717) is 6.04 Å². The first kappa shape index (κ1) is 12.0. The molecule has 1 nitrogen and oxygen atoms in total. The summed E-state index contributed by atoms with van der Waals surface area (Å²) < 4.78 is 0. The van der Waals surface area contributed by atoms with Crippen molar-refractivity contribution in [1.29, 1.82) is 0 Å². The first-order valence-electron chi connectivity index (χ1n) is 4.46. The molecule has 1 atom stereocenters. The largest absolute Gasteiger partial charge is 0.303 e. The second-order valence-electron chi connectivity index (χ2n) is 3.27. The van der Waals surface area contributed by atoms with E-state index in [1.54, 1.807) is 0 Å². The van der Waals surface area contributed by atoms with Crippen molar-refractivity contribution in [2.24, 2.45) is 0 Å². The molecule has 0 aromatic heterocycles. The summed E-state index contributed by atoms with van der Waals surface area (Å²) in [7, 11) is 4.26. The van der Waals surface area contributed by atoms with Gasteiger partial charge in [-0.1, -0.05) is 19.1 Å². The fourth-order valence-electron chi connectivity index (χ4n) is 1.29. The Hall–Kier alpha value is 0.0500. The molecule has 0 aliphatic rings. The van der Waals surface area contributed by atoms with Crippen LogP contribution in [0.25, 0.3) is 0 Å². The Labute approximate surface area is 81.2 Å². The maximum atomic E-state index is 4.10. The molecule has 0 rings (SSSR count). The number of thioether (sulfide) groups is 1. The first-order valence-corrected chi connectivity index (χ1v) is 5.85. The monoisotopic (exact) mass is 187 g/mol. The third-order valence-electron chi connectivity index (χ3n) is 2.14. The van der Waals surface area contributed by atoms with Crippen molar-refractivity contribution in [3.63, 3.8) is 0 Å². The lowest BCUT2D eigenvalue weighted by Gasteiger charge is -2.25. The average molecular weight is 187 g/mol. The van der Waals surface area contributed by atoms with Gasteiger partial charge in [-0.25, -0.2) is 0 Å². The highest BCUT2D eigenvalue weighted by molar-refractivity contribution is 7.98. The van der Waals surface area contributed by atoms with Crippen LogP contribution in [0, 0.1) is 0 Å². The molecule has 72 valence electrons. The van der Waals surface area contributed by atoms with E-state index in [2.05, 4.69) is 38.8 Å². The molecule has 0 aliphatic carbocycles. The van der Waals surface area contributed by atoms with Gasteiger partial charge in [0.1, 0.15) is 0 Å². The zero-order valence-electron chi connectivity index (χ0n) is 8.76. The summed E-state index contributed by atoms with van der Waals surface area (Å²) in [6, 6.07) is 0.572.